The van der Waals surface area contributed by atoms with Crippen LogP contribution in [0, 0.1) is 13.8 Å². The number of benzene rings is 2. The minimum atomic E-state index is 0.0570. The number of carbonyl (C=O) groups is 1. The molecule has 4 rings (SSSR count). The second-order valence-corrected chi connectivity index (χ2v) is 9.06. The number of thioether (sulfide) groups is 1. The number of nitrogens with zero attached hydrogens (tertiary/aromatic N) is 4. The highest BCUT2D eigenvalue weighted by molar-refractivity contribution is 7.99. The summed E-state index contributed by atoms with van der Waals surface area (Å²) >= 11 is 1.43. The van der Waals surface area contributed by atoms with Gasteiger partial charge in [0, 0.05) is 18.7 Å². The van der Waals surface area contributed by atoms with Gasteiger partial charge in [-0.05, 0) is 51.0 Å². The van der Waals surface area contributed by atoms with Gasteiger partial charge in [-0.2, -0.15) is 0 Å². The molecule has 0 saturated carbocycles. The predicted molar refractivity (Wildman–Crippen MR) is 124 cm³/mol. The average molecular weight is 437 g/mol. The van der Waals surface area contributed by atoms with Gasteiger partial charge in [-0.3, -0.25) is 9.36 Å². The van der Waals surface area contributed by atoms with Gasteiger partial charge in [0.05, 0.1) is 23.6 Å². The number of hydrogen-bond donors (Lipinski definition) is 0. The molecule has 1 aliphatic rings. The second kappa shape index (κ2) is 9.24. The van der Waals surface area contributed by atoms with E-state index in [4.69, 9.17) is 4.74 Å². The van der Waals surface area contributed by atoms with E-state index < -0.39 is 0 Å². The molecule has 1 aromatic heterocycles. The number of morpholine rings is 1. The summed E-state index contributed by atoms with van der Waals surface area (Å²) in [6.07, 6.45) is 0.114. The van der Waals surface area contributed by atoms with Crippen molar-refractivity contribution in [3.63, 3.8) is 0 Å². The topological polar surface area (TPSA) is 60.2 Å². The fraction of sp³-hybridized carbons (Fsp3) is 0.375. The quantitative estimate of drug-likeness (QED) is 0.559. The SMILES string of the molecule is Cc1ccc(-n2c(SCC(=O)N3CC(C)OC(C)C3)nnc2-c2ccccc2)cc1C. The van der Waals surface area contributed by atoms with E-state index in [0.29, 0.717) is 24.0 Å². The molecular weight excluding hydrogens is 408 g/mol. The molecule has 0 radical (unpaired) electrons. The van der Waals surface area contributed by atoms with E-state index in [1.54, 1.807) is 0 Å². The molecule has 6 nitrogen and oxygen atoms in total. The lowest BCUT2D eigenvalue weighted by atomic mass is 10.1. The van der Waals surface area contributed by atoms with Crippen molar-refractivity contribution in [2.75, 3.05) is 18.8 Å². The van der Waals surface area contributed by atoms with Crippen molar-refractivity contribution < 1.29 is 9.53 Å². The maximum atomic E-state index is 12.9. The highest BCUT2D eigenvalue weighted by Gasteiger charge is 2.26. The van der Waals surface area contributed by atoms with E-state index >= 15 is 0 Å². The maximum absolute atomic E-state index is 12.9. The number of aryl methyl sites for hydroxylation is 2. The molecule has 0 aliphatic carbocycles. The zero-order valence-corrected chi connectivity index (χ0v) is 19.2. The third kappa shape index (κ3) is 4.83. The Balaban J connectivity index is 1.62. The van der Waals surface area contributed by atoms with Crippen molar-refractivity contribution in [3.8, 4) is 17.1 Å². The van der Waals surface area contributed by atoms with Crippen LogP contribution in [0.5, 0.6) is 0 Å². The highest BCUT2D eigenvalue weighted by atomic mass is 32.2. The van der Waals surface area contributed by atoms with Crippen LogP contribution in [0.3, 0.4) is 0 Å². The van der Waals surface area contributed by atoms with Crippen LogP contribution in [-0.2, 0) is 9.53 Å². The minimum absolute atomic E-state index is 0.0570. The van der Waals surface area contributed by atoms with Gasteiger partial charge >= 0.3 is 0 Å². The Morgan fingerprint density at radius 3 is 2.42 bits per heavy atom. The van der Waals surface area contributed by atoms with E-state index in [0.717, 1.165) is 17.1 Å². The Kier molecular flexibility index (Phi) is 6.43. The van der Waals surface area contributed by atoms with Crippen LogP contribution in [0.15, 0.2) is 53.7 Å². The van der Waals surface area contributed by atoms with Crippen LogP contribution in [0.4, 0.5) is 0 Å². The molecule has 0 N–H and O–H groups in total. The van der Waals surface area contributed by atoms with Gasteiger partial charge in [0.2, 0.25) is 5.91 Å². The standard InChI is InChI=1S/C24H28N4O2S/c1-16-10-11-21(12-17(16)2)28-23(20-8-6-5-7-9-20)25-26-24(28)31-15-22(29)27-13-18(3)30-19(4)14-27/h5-12,18-19H,13-15H2,1-4H3. The van der Waals surface area contributed by atoms with Crippen LogP contribution >= 0.6 is 11.8 Å². The van der Waals surface area contributed by atoms with Gasteiger partial charge in [-0.15, -0.1) is 10.2 Å². The summed E-state index contributed by atoms with van der Waals surface area (Å²) in [6, 6.07) is 16.3. The molecule has 1 fully saturated rings. The first-order chi connectivity index (χ1) is 14.9. The molecular formula is C24H28N4O2S. The zero-order chi connectivity index (χ0) is 22.0. The number of aromatic nitrogens is 3. The van der Waals surface area contributed by atoms with E-state index in [1.807, 2.05) is 53.6 Å². The summed E-state index contributed by atoms with van der Waals surface area (Å²) in [6.45, 7) is 9.47. The van der Waals surface area contributed by atoms with Gasteiger partial charge in [0.15, 0.2) is 11.0 Å². The monoisotopic (exact) mass is 436 g/mol. The first-order valence-electron chi connectivity index (χ1n) is 10.6. The van der Waals surface area contributed by atoms with Crippen LogP contribution < -0.4 is 0 Å². The van der Waals surface area contributed by atoms with Crippen molar-refractivity contribution in [2.45, 2.75) is 45.1 Å². The molecule has 2 heterocycles. The summed E-state index contributed by atoms with van der Waals surface area (Å²) in [5.74, 6) is 1.19. The summed E-state index contributed by atoms with van der Waals surface area (Å²) in [5.41, 5.74) is 4.42. The number of hydrogen-bond acceptors (Lipinski definition) is 5. The largest absolute Gasteiger partial charge is 0.372 e. The van der Waals surface area contributed by atoms with Crippen molar-refractivity contribution in [3.05, 3.63) is 59.7 Å². The molecule has 2 aromatic carbocycles. The van der Waals surface area contributed by atoms with Crippen LogP contribution in [0.25, 0.3) is 17.1 Å². The van der Waals surface area contributed by atoms with Crippen LogP contribution in [0.1, 0.15) is 25.0 Å². The molecule has 0 spiro atoms. The summed E-state index contributed by atoms with van der Waals surface area (Å²) in [5, 5.41) is 9.64. The van der Waals surface area contributed by atoms with E-state index in [-0.39, 0.29) is 18.1 Å². The van der Waals surface area contributed by atoms with Gasteiger partial charge in [0.25, 0.3) is 0 Å². The summed E-state index contributed by atoms with van der Waals surface area (Å²) in [7, 11) is 0. The molecule has 2 atom stereocenters. The summed E-state index contributed by atoms with van der Waals surface area (Å²) < 4.78 is 7.80. The highest BCUT2D eigenvalue weighted by Crippen LogP contribution is 2.29. The molecule has 162 valence electrons. The van der Waals surface area contributed by atoms with Gasteiger partial charge in [0.1, 0.15) is 0 Å². The lowest BCUT2D eigenvalue weighted by Gasteiger charge is -2.35. The fourth-order valence-corrected chi connectivity index (χ4v) is 4.69. The lowest BCUT2D eigenvalue weighted by molar-refractivity contribution is -0.140. The third-order valence-electron chi connectivity index (χ3n) is 5.51. The third-order valence-corrected chi connectivity index (χ3v) is 6.42. The van der Waals surface area contributed by atoms with Crippen molar-refractivity contribution in [2.24, 2.45) is 0 Å². The maximum Gasteiger partial charge on any atom is 0.233 e. The smallest absolute Gasteiger partial charge is 0.233 e. The summed E-state index contributed by atoms with van der Waals surface area (Å²) in [4.78, 5) is 14.8. The minimum Gasteiger partial charge on any atom is -0.372 e. The number of carbonyl (C=O) groups excluding carboxylic acids is 1. The van der Waals surface area contributed by atoms with Crippen molar-refractivity contribution in [1.82, 2.24) is 19.7 Å². The normalized spacial score (nSPS) is 18.9. The Morgan fingerprint density at radius 1 is 1.03 bits per heavy atom. The van der Waals surface area contributed by atoms with E-state index in [1.165, 1.54) is 22.9 Å². The molecule has 31 heavy (non-hydrogen) atoms. The molecule has 1 aliphatic heterocycles. The average Bonchev–Trinajstić information content (AvgIpc) is 3.18. The second-order valence-electron chi connectivity index (χ2n) is 8.12. The molecule has 7 heteroatoms. The van der Waals surface area contributed by atoms with Crippen molar-refractivity contribution in [1.29, 1.82) is 0 Å². The Bertz CT molecular complexity index is 1060. The Labute approximate surface area is 187 Å². The van der Waals surface area contributed by atoms with Gasteiger partial charge in [-0.1, -0.05) is 48.2 Å². The Morgan fingerprint density at radius 2 is 1.74 bits per heavy atom. The molecule has 1 saturated heterocycles. The van der Waals surface area contributed by atoms with Crippen LogP contribution in [-0.4, -0.2) is 56.6 Å². The van der Waals surface area contributed by atoms with Crippen molar-refractivity contribution >= 4 is 17.7 Å². The van der Waals surface area contributed by atoms with E-state index in [2.05, 4.69) is 42.2 Å². The van der Waals surface area contributed by atoms with Crippen LogP contribution in [0.2, 0.25) is 0 Å². The molecule has 1 amide bonds. The fourth-order valence-electron chi connectivity index (χ4n) is 3.83. The number of ether oxygens (including phenoxy) is 1. The molecule has 3 aromatic rings. The first-order valence-corrected chi connectivity index (χ1v) is 11.6. The number of amides is 1. The predicted octanol–water partition coefficient (Wildman–Crippen LogP) is 4.28. The van der Waals surface area contributed by atoms with Gasteiger partial charge < -0.3 is 9.64 Å². The van der Waals surface area contributed by atoms with Gasteiger partial charge in [-0.25, -0.2) is 0 Å². The lowest BCUT2D eigenvalue weighted by Crippen LogP contribution is -2.48. The first kappa shape index (κ1) is 21.6. The Hall–Kier alpha value is -2.64. The molecule has 0 bridgehead atoms. The number of rotatable bonds is 5. The zero-order valence-electron chi connectivity index (χ0n) is 18.4. The molecule has 2 unspecified atom stereocenters. The van der Waals surface area contributed by atoms with E-state index in [9.17, 15) is 4.79 Å².